The van der Waals surface area contributed by atoms with Crippen LogP contribution in [0.5, 0.6) is 0 Å². The van der Waals surface area contributed by atoms with E-state index < -0.39 is 0 Å². The van der Waals surface area contributed by atoms with Gasteiger partial charge in [0.2, 0.25) is 11.8 Å². The lowest BCUT2D eigenvalue weighted by Gasteiger charge is -2.34. The Morgan fingerprint density at radius 1 is 1.45 bits per heavy atom. The fourth-order valence-electron chi connectivity index (χ4n) is 2.60. The Bertz CT molecular complexity index is 352. The third-order valence-corrected chi connectivity index (χ3v) is 4.02. The standard InChI is InChI=1S/C15H30N4O2.ClH/c1-4-7-17-14(20)10-18(3)15(21)11-19-8-5-6-13(9-19)12(2)16;/h12-13H,4-11,16H2,1-3H3,(H,17,20);1H. The number of piperidine rings is 1. The van der Waals surface area contributed by atoms with E-state index in [0.29, 0.717) is 19.0 Å². The van der Waals surface area contributed by atoms with Crippen molar-refractivity contribution in [2.75, 3.05) is 39.8 Å². The van der Waals surface area contributed by atoms with Gasteiger partial charge in [-0.1, -0.05) is 6.92 Å². The van der Waals surface area contributed by atoms with E-state index in [1.54, 1.807) is 7.05 Å². The van der Waals surface area contributed by atoms with Crippen LogP contribution in [-0.2, 0) is 9.59 Å². The van der Waals surface area contributed by atoms with Crippen LogP contribution in [0.2, 0.25) is 0 Å². The molecule has 2 atom stereocenters. The molecule has 3 N–H and O–H groups in total. The first-order valence-corrected chi connectivity index (χ1v) is 7.92. The Labute approximate surface area is 140 Å². The molecule has 1 heterocycles. The Morgan fingerprint density at radius 2 is 2.14 bits per heavy atom. The minimum atomic E-state index is -0.0974. The summed E-state index contributed by atoms with van der Waals surface area (Å²) < 4.78 is 0. The molecule has 1 fully saturated rings. The third kappa shape index (κ3) is 7.42. The number of halogens is 1. The molecule has 0 aromatic carbocycles. The molecule has 0 saturated carbocycles. The van der Waals surface area contributed by atoms with E-state index in [0.717, 1.165) is 32.4 Å². The van der Waals surface area contributed by atoms with E-state index in [2.05, 4.69) is 10.2 Å². The molecule has 0 radical (unpaired) electrons. The number of nitrogens with zero attached hydrogens (tertiary/aromatic N) is 2. The third-order valence-electron chi connectivity index (χ3n) is 4.02. The number of hydrogen-bond acceptors (Lipinski definition) is 4. The van der Waals surface area contributed by atoms with Crippen LogP contribution < -0.4 is 11.1 Å². The Morgan fingerprint density at radius 3 is 2.73 bits per heavy atom. The number of rotatable bonds is 7. The van der Waals surface area contributed by atoms with E-state index in [-0.39, 0.29) is 36.8 Å². The zero-order chi connectivity index (χ0) is 15.8. The number of carbonyl (C=O) groups is 2. The van der Waals surface area contributed by atoms with E-state index in [4.69, 9.17) is 5.73 Å². The predicted molar refractivity (Wildman–Crippen MR) is 91.0 cm³/mol. The summed E-state index contributed by atoms with van der Waals surface area (Å²) in [5, 5.41) is 2.78. The topological polar surface area (TPSA) is 78.7 Å². The molecule has 130 valence electrons. The molecular formula is C15H31ClN4O2. The fraction of sp³-hybridized carbons (Fsp3) is 0.867. The summed E-state index contributed by atoms with van der Waals surface area (Å²) >= 11 is 0. The summed E-state index contributed by atoms with van der Waals surface area (Å²) in [5.41, 5.74) is 5.96. The van der Waals surface area contributed by atoms with Crippen molar-refractivity contribution in [3.8, 4) is 0 Å². The highest BCUT2D eigenvalue weighted by atomic mass is 35.5. The van der Waals surface area contributed by atoms with Crippen LogP contribution in [0.15, 0.2) is 0 Å². The maximum absolute atomic E-state index is 12.2. The lowest BCUT2D eigenvalue weighted by molar-refractivity contribution is -0.136. The maximum Gasteiger partial charge on any atom is 0.239 e. The second kappa shape index (κ2) is 10.8. The van der Waals surface area contributed by atoms with Gasteiger partial charge in [-0.05, 0) is 38.6 Å². The molecule has 0 spiro atoms. The molecule has 1 rings (SSSR count). The van der Waals surface area contributed by atoms with Gasteiger partial charge in [0.1, 0.15) is 0 Å². The molecule has 2 amide bonds. The maximum atomic E-state index is 12.2. The zero-order valence-electron chi connectivity index (χ0n) is 14.0. The van der Waals surface area contributed by atoms with E-state index >= 15 is 0 Å². The Kier molecular flexibility index (Phi) is 10.4. The Balaban J connectivity index is 0.00000441. The van der Waals surface area contributed by atoms with Crippen molar-refractivity contribution < 1.29 is 9.59 Å². The minimum absolute atomic E-state index is 0. The van der Waals surface area contributed by atoms with Gasteiger partial charge in [0.05, 0.1) is 13.1 Å². The summed E-state index contributed by atoms with van der Waals surface area (Å²) in [6.45, 7) is 7.00. The predicted octanol–water partition coefficient (Wildman–Crippen LogP) is 0.452. The van der Waals surface area contributed by atoms with E-state index in [1.807, 2.05) is 13.8 Å². The van der Waals surface area contributed by atoms with Crippen LogP contribution in [0.4, 0.5) is 0 Å². The van der Waals surface area contributed by atoms with Gasteiger partial charge in [-0.3, -0.25) is 14.5 Å². The van der Waals surface area contributed by atoms with Gasteiger partial charge >= 0.3 is 0 Å². The summed E-state index contributed by atoms with van der Waals surface area (Å²) in [7, 11) is 1.68. The Hall–Kier alpha value is -0.850. The molecule has 0 aromatic rings. The number of nitrogens with two attached hydrogens (primary N) is 1. The average Bonchev–Trinajstić information content (AvgIpc) is 2.45. The SMILES string of the molecule is CCCNC(=O)CN(C)C(=O)CN1CCCC(C(C)N)C1.Cl. The largest absolute Gasteiger partial charge is 0.355 e. The molecule has 0 aliphatic carbocycles. The molecule has 1 aliphatic heterocycles. The molecule has 2 unspecified atom stereocenters. The number of likely N-dealkylation sites (tertiary alicyclic amines) is 1. The lowest BCUT2D eigenvalue weighted by atomic mass is 9.92. The van der Waals surface area contributed by atoms with Crippen molar-refractivity contribution in [2.24, 2.45) is 11.7 Å². The number of amides is 2. The minimum Gasteiger partial charge on any atom is -0.355 e. The average molecular weight is 335 g/mol. The normalized spacial score (nSPS) is 19.9. The van der Waals surface area contributed by atoms with Gasteiger partial charge in [-0.2, -0.15) is 0 Å². The van der Waals surface area contributed by atoms with Gasteiger partial charge < -0.3 is 16.0 Å². The smallest absolute Gasteiger partial charge is 0.239 e. The van der Waals surface area contributed by atoms with Crippen molar-refractivity contribution in [2.45, 2.75) is 39.2 Å². The first-order valence-electron chi connectivity index (χ1n) is 7.92. The highest BCUT2D eigenvalue weighted by molar-refractivity contribution is 5.85. The highest BCUT2D eigenvalue weighted by Crippen LogP contribution is 2.18. The monoisotopic (exact) mass is 334 g/mol. The van der Waals surface area contributed by atoms with Gasteiger partial charge in [-0.25, -0.2) is 0 Å². The van der Waals surface area contributed by atoms with Crippen LogP contribution in [0, 0.1) is 5.92 Å². The van der Waals surface area contributed by atoms with Gasteiger partial charge in [0.15, 0.2) is 0 Å². The number of nitrogens with one attached hydrogen (secondary N) is 1. The van der Waals surface area contributed by atoms with Gasteiger partial charge in [0, 0.05) is 26.2 Å². The van der Waals surface area contributed by atoms with Gasteiger partial charge in [0.25, 0.3) is 0 Å². The lowest BCUT2D eigenvalue weighted by Crippen LogP contribution is -2.48. The van der Waals surface area contributed by atoms with Crippen molar-refractivity contribution in [1.29, 1.82) is 0 Å². The zero-order valence-corrected chi connectivity index (χ0v) is 14.8. The molecule has 0 aromatic heterocycles. The second-order valence-electron chi connectivity index (χ2n) is 6.10. The molecule has 1 aliphatic rings. The molecule has 22 heavy (non-hydrogen) atoms. The van der Waals surface area contributed by atoms with Gasteiger partial charge in [-0.15, -0.1) is 12.4 Å². The number of likely N-dealkylation sites (N-methyl/N-ethyl adjacent to an activating group) is 1. The molecule has 7 heteroatoms. The summed E-state index contributed by atoms with van der Waals surface area (Å²) in [5.74, 6) is 0.358. The number of carbonyl (C=O) groups excluding carboxylic acids is 2. The second-order valence-corrected chi connectivity index (χ2v) is 6.10. The summed E-state index contributed by atoms with van der Waals surface area (Å²) in [4.78, 5) is 27.4. The van der Waals surface area contributed by atoms with Crippen LogP contribution in [0.25, 0.3) is 0 Å². The molecule has 1 saturated heterocycles. The van der Waals surface area contributed by atoms with Crippen LogP contribution in [0.1, 0.15) is 33.1 Å². The van der Waals surface area contributed by atoms with Crippen molar-refractivity contribution >= 4 is 24.2 Å². The highest BCUT2D eigenvalue weighted by Gasteiger charge is 2.25. The quantitative estimate of drug-likeness (QED) is 0.708. The van der Waals surface area contributed by atoms with Crippen LogP contribution in [0.3, 0.4) is 0 Å². The first kappa shape index (κ1) is 21.1. The summed E-state index contributed by atoms with van der Waals surface area (Å²) in [6, 6.07) is 0.167. The number of hydrogen-bond donors (Lipinski definition) is 2. The molecule has 6 nitrogen and oxygen atoms in total. The summed E-state index contributed by atoms with van der Waals surface area (Å²) in [6.07, 6.45) is 3.12. The van der Waals surface area contributed by atoms with Crippen molar-refractivity contribution in [3.05, 3.63) is 0 Å². The van der Waals surface area contributed by atoms with Crippen molar-refractivity contribution in [3.63, 3.8) is 0 Å². The van der Waals surface area contributed by atoms with Crippen LogP contribution >= 0.6 is 12.4 Å². The van der Waals surface area contributed by atoms with Crippen LogP contribution in [-0.4, -0.2) is 67.4 Å². The fourth-order valence-corrected chi connectivity index (χ4v) is 2.60. The first-order chi connectivity index (χ1) is 9.93. The molecular weight excluding hydrogens is 304 g/mol. The molecule has 0 bridgehead atoms. The van der Waals surface area contributed by atoms with E-state index in [1.165, 1.54) is 4.90 Å². The van der Waals surface area contributed by atoms with Crippen molar-refractivity contribution in [1.82, 2.24) is 15.1 Å². The van der Waals surface area contributed by atoms with E-state index in [9.17, 15) is 9.59 Å².